The number of aromatic nitrogens is 2. The molecule has 0 saturated carbocycles. The molecule has 4 aromatic carbocycles. The summed E-state index contributed by atoms with van der Waals surface area (Å²) in [4.78, 5) is 10.1. The predicted molar refractivity (Wildman–Crippen MR) is 189 cm³/mol. The third-order valence-corrected chi connectivity index (χ3v) is 11.1. The van der Waals surface area contributed by atoms with Gasteiger partial charge in [0.2, 0.25) is 0 Å². The van der Waals surface area contributed by atoms with Crippen LogP contribution in [-0.4, -0.2) is 79.8 Å². The number of rotatable bonds is 8. The normalized spacial score (nSPS) is 16.5. The number of hydrogen-bond donors (Lipinski definition) is 0. The summed E-state index contributed by atoms with van der Waals surface area (Å²) in [6.07, 6.45) is 0. The molecule has 0 N–H and O–H groups in total. The van der Waals surface area contributed by atoms with Crippen molar-refractivity contribution in [2.75, 3.05) is 52.6 Å². The minimum Gasteiger partial charge on any atom is -0.379 e. The Kier molecular flexibility index (Phi) is 8.54. The first kappa shape index (κ1) is 30.9. The Morgan fingerprint density at radius 1 is 0.583 bits per heavy atom. The van der Waals surface area contributed by atoms with E-state index >= 15 is 0 Å². The van der Waals surface area contributed by atoms with Gasteiger partial charge in [-0.1, -0.05) is 72.8 Å². The van der Waals surface area contributed by atoms with Crippen LogP contribution < -0.4 is 0 Å². The molecule has 244 valence electrons. The first-order valence-electron chi connectivity index (χ1n) is 16.6. The van der Waals surface area contributed by atoms with Gasteiger partial charge in [-0.3, -0.25) is 9.80 Å². The molecule has 4 heterocycles. The first-order valence-corrected chi connectivity index (χ1v) is 18.0. The topological polar surface area (TPSA) is 76.9 Å². The molecule has 2 aliphatic heterocycles. The maximum Gasteiger partial charge on any atom is 0.269 e. The largest absolute Gasteiger partial charge is 0.379 e. The summed E-state index contributed by atoms with van der Waals surface area (Å²) in [6, 6.07) is 35.7. The molecule has 0 radical (unpaired) electrons. The smallest absolute Gasteiger partial charge is 0.269 e. The maximum absolute atomic E-state index is 14.3. The van der Waals surface area contributed by atoms with E-state index in [9.17, 15) is 8.42 Å². The number of benzene rings is 4. The van der Waals surface area contributed by atoms with Crippen molar-refractivity contribution in [3.8, 4) is 22.4 Å². The second-order valence-corrected chi connectivity index (χ2v) is 14.3. The van der Waals surface area contributed by atoms with E-state index in [0.717, 1.165) is 98.9 Å². The highest BCUT2D eigenvalue weighted by molar-refractivity contribution is 7.90. The Bertz CT molecular complexity index is 2150. The molecular formula is C39H38N4O4S. The highest BCUT2D eigenvalue weighted by Gasteiger charge is 2.25. The van der Waals surface area contributed by atoms with Gasteiger partial charge in [0, 0.05) is 55.6 Å². The molecule has 6 aromatic rings. The number of nitrogens with zero attached hydrogens (tertiary/aromatic N) is 4. The molecule has 2 fully saturated rings. The minimum absolute atomic E-state index is 0.225. The van der Waals surface area contributed by atoms with E-state index in [1.807, 2.05) is 30.3 Å². The van der Waals surface area contributed by atoms with Crippen LogP contribution in [0.2, 0.25) is 0 Å². The Balaban J connectivity index is 1.18. The molecule has 0 unspecified atom stereocenters. The van der Waals surface area contributed by atoms with Crippen LogP contribution in [0.25, 0.3) is 44.3 Å². The van der Waals surface area contributed by atoms with Crippen LogP contribution in [0, 0.1) is 0 Å². The van der Waals surface area contributed by atoms with E-state index in [-0.39, 0.29) is 4.90 Å². The minimum atomic E-state index is -3.94. The Labute approximate surface area is 281 Å². The van der Waals surface area contributed by atoms with Crippen molar-refractivity contribution in [3.63, 3.8) is 0 Å². The van der Waals surface area contributed by atoms with Crippen molar-refractivity contribution in [1.29, 1.82) is 0 Å². The Morgan fingerprint density at radius 2 is 1.15 bits per heavy atom. The Hall–Kier alpha value is -4.38. The lowest BCUT2D eigenvalue weighted by atomic mass is 10.0. The summed E-state index contributed by atoms with van der Waals surface area (Å²) in [6.45, 7) is 8.64. The Morgan fingerprint density at radius 3 is 1.75 bits per heavy atom. The molecule has 0 bridgehead atoms. The zero-order chi connectivity index (χ0) is 32.5. The van der Waals surface area contributed by atoms with E-state index in [2.05, 4.69) is 64.4 Å². The van der Waals surface area contributed by atoms with Gasteiger partial charge in [0.15, 0.2) is 5.65 Å². The molecule has 0 spiro atoms. The molecule has 8 nitrogen and oxygen atoms in total. The first-order chi connectivity index (χ1) is 23.5. The second kappa shape index (κ2) is 13.3. The quantitative estimate of drug-likeness (QED) is 0.187. The average Bonchev–Trinajstić information content (AvgIpc) is 3.47. The van der Waals surface area contributed by atoms with Gasteiger partial charge < -0.3 is 9.47 Å². The van der Waals surface area contributed by atoms with Gasteiger partial charge in [0.1, 0.15) is 0 Å². The summed E-state index contributed by atoms with van der Waals surface area (Å²) >= 11 is 0. The molecule has 2 saturated heterocycles. The van der Waals surface area contributed by atoms with Gasteiger partial charge in [-0.25, -0.2) is 17.4 Å². The van der Waals surface area contributed by atoms with Gasteiger partial charge in [-0.2, -0.15) is 0 Å². The molecule has 2 aliphatic rings. The van der Waals surface area contributed by atoms with Crippen LogP contribution in [0.5, 0.6) is 0 Å². The number of morpholine rings is 2. The SMILES string of the molecule is O=S(=O)(c1ccccc1)n1c2ccc(-c3ccc(CN4CCOCC4)cc3)cc2c2ccc(-c3ccc(CN4CCOCC4)cc3)nc21. The fourth-order valence-corrected chi connectivity index (χ4v) is 8.25. The molecule has 9 heteroatoms. The van der Waals surface area contributed by atoms with E-state index in [1.165, 1.54) is 15.1 Å². The fraction of sp³-hybridized carbons (Fsp3) is 0.256. The molecule has 0 amide bonds. The van der Waals surface area contributed by atoms with E-state index < -0.39 is 10.0 Å². The molecular weight excluding hydrogens is 621 g/mol. The summed E-state index contributed by atoms with van der Waals surface area (Å²) in [5.41, 5.74) is 7.28. The van der Waals surface area contributed by atoms with Crippen molar-refractivity contribution in [3.05, 3.63) is 120 Å². The number of ether oxygens (including phenoxy) is 2. The standard InChI is InChI=1S/C39H38N4O4S/c44-48(45,34-4-2-1-3-5-34)43-38-17-14-33(31-10-6-29(7-11-31)27-41-18-22-46-23-19-41)26-36(38)35-15-16-37(40-39(35)43)32-12-8-30(9-13-32)28-42-20-24-47-25-21-42/h1-17,26H,18-25,27-28H2. The van der Waals surface area contributed by atoms with E-state index in [0.29, 0.717) is 11.2 Å². The van der Waals surface area contributed by atoms with E-state index in [1.54, 1.807) is 24.3 Å². The molecule has 2 aromatic heterocycles. The van der Waals surface area contributed by atoms with Crippen LogP contribution in [-0.2, 0) is 32.6 Å². The van der Waals surface area contributed by atoms with Gasteiger partial charge in [0.25, 0.3) is 10.0 Å². The zero-order valence-electron chi connectivity index (χ0n) is 26.8. The van der Waals surface area contributed by atoms with Crippen molar-refractivity contribution >= 4 is 32.0 Å². The lowest BCUT2D eigenvalue weighted by Crippen LogP contribution is -2.35. The number of hydrogen-bond acceptors (Lipinski definition) is 7. The van der Waals surface area contributed by atoms with Crippen LogP contribution in [0.4, 0.5) is 0 Å². The predicted octanol–water partition coefficient (Wildman–Crippen LogP) is 6.42. The van der Waals surface area contributed by atoms with Crippen molar-refractivity contribution in [2.24, 2.45) is 0 Å². The number of pyridine rings is 1. The highest BCUT2D eigenvalue weighted by atomic mass is 32.2. The summed E-state index contributed by atoms with van der Waals surface area (Å²) < 4.78 is 40.9. The number of fused-ring (bicyclic) bond motifs is 3. The maximum atomic E-state index is 14.3. The van der Waals surface area contributed by atoms with Crippen LogP contribution in [0.3, 0.4) is 0 Å². The van der Waals surface area contributed by atoms with E-state index in [4.69, 9.17) is 14.5 Å². The van der Waals surface area contributed by atoms with Gasteiger partial charge in [-0.05, 0) is 58.7 Å². The third kappa shape index (κ3) is 6.16. The van der Waals surface area contributed by atoms with Crippen LogP contribution >= 0.6 is 0 Å². The molecule has 48 heavy (non-hydrogen) atoms. The lowest BCUT2D eigenvalue weighted by molar-refractivity contribution is 0.0341. The summed E-state index contributed by atoms with van der Waals surface area (Å²) in [7, 11) is -3.94. The molecule has 0 aliphatic carbocycles. The third-order valence-electron chi connectivity index (χ3n) is 9.41. The fourth-order valence-electron chi connectivity index (χ4n) is 6.76. The summed E-state index contributed by atoms with van der Waals surface area (Å²) in [5.74, 6) is 0. The molecule has 0 atom stereocenters. The second-order valence-electron chi connectivity index (χ2n) is 12.6. The van der Waals surface area contributed by atoms with Gasteiger partial charge >= 0.3 is 0 Å². The van der Waals surface area contributed by atoms with Gasteiger partial charge in [-0.15, -0.1) is 0 Å². The zero-order valence-corrected chi connectivity index (χ0v) is 27.6. The molecule has 8 rings (SSSR count). The van der Waals surface area contributed by atoms with Gasteiger partial charge in [0.05, 0.1) is 42.5 Å². The summed E-state index contributed by atoms with van der Waals surface area (Å²) in [5, 5.41) is 1.64. The van der Waals surface area contributed by atoms with Crippen molar-refractivity contribution in [1.82, 2.24) is 18.8 Å². The van der Waals surface area contributed by atoms with Crippen LogP contribution in [0.15, 0.2) is 114 Å². The van der Waals surface area contributed by atoms with Crippen LogP contribution in [0.1, 0.15) is 11.1 Å². The van der Waals surface area contributed by atoms with Crippen molar-refractivity contribution in [2.45, 2.75) is 18.0 Å². The van der Waals surface area contributed by atoms with Crippen molar-refractivity contribution < 1.29 is 17.9 Å². The average molecular weight is 659 g/mol. The highest BCUT2D eigenvalue weighted by Crippen LogP contribution is 2.36. The lowest BCUT2D eigenvalue weighted by Gasteiger charge is -2.26. The monoisotopic (exact) mass is 658 g/mol.